The molecule has 3 aromatic rings. The molecule has 17 heavy (non-hydrogen) atoms. The normalized spacial score (nSPS) is 10.9. The van der Waals surface area contributed by atoms with E-state index in [-0.39, 0.29) is 0 Å². The summed E-state index contributed by atoms with van der Waals surface area (Å²) >= 11 is 0. The van der Waals surface area contributed by atoms with Gasteiger partial charge in [-0.05, 0) is 30.3 Å². The van der Waals surface area contributed by atoms with Gasteiger partial charge in [0.1, 0.15) is 0 Å². The van der Waals surface area contributed by atoms with Crippen LogP contribution in [-0.2, 0) is 0 Å². The van der Waals surface area contributed by atoms with E-state index in [2.05, 4.69) is 10.1 Å². The molecule has 3 nitrogen and oxygen atoms in total. The van der Waals surface area contributed by atoms with Crippen LogP contribution >= 0.6 is 0 Å². The molecule has 0 saturated heterocycles. The number of hydrogen-bond acceptors (Lipinski definition) is 2. The molecule has 5 heteroatoms. The Labute approximate surface area is 95.3 Å². The van der Waals surface area contributed by atoms with Crippen molar-refractivity contribution in [3.8, 4) is 11.3 Å². The van der Waals surface area contributed by atoms with Crippen LogP contribution in [0.5, 0.6) is 0 Å². The molecule has 0 N–H and O–H groups in total. The molecule has 0 aliphatic rings. The standard InChI is InChI=1S/C12H7F2N3/c13-9-2-1-8(7-10(9)14)11-3-4-12-15-5-6-17(12)16-11/h1-7H. The molecule has 2 heterocycles. The summed E-state index contributed by atoms with van der Waals surface area (Å²) in [7, 11) is 0. The second-order valence-electron chi connectivity index (χ2n) is 3.58. The number of hydrogen-bond donors (Lipinski definition) is 0. The maximum absolute atomic E-state index is 13.1. The van der Waals surface area contributed by atoms with Crippen molar-refractivity contribution in [1.82, 2.24) is 14.6 Å². The Balaban J connectivity index is 2.16. The summed E-state index contributed by atoms with van der Waals surface area (Å²) in [6.45, 7) is 0. The molecular formula is C12H7F2N3. The van der Waals surface area contributed by atoms with E-state index in [1.54, 1.807) is 29.0 Å². The van der Waals surface area contributed by atoms with Crippen molar-refractivity contribution < 1.29 is 8.78 Å². The Bertz CT molecular complexity index is 691. The number of fused-ring (bicyclic) bond motifs is 1. The van der Waals surface area contributed by atoms with E-state index in [4.69, 9.17) is 0 Å². The van der Waals surface area contributed by atoms with Crippen molar-refractivity contribution in [2.45, 2.75) is 0 Å². The van der Waals surface area contributed by atoms with E-state index in [0.717, 1.165) is 12.1 Å². The summed E-state index contributed by atoms with van der Waals surface area (Å²) < 4.78 is 27.5. The van der Waals surface area contributed by atoms with Crippen LogP contribution in [0.15, 0.2) is 42.7 Å². The zero-order valence-electron chi connectivity index (χ0n) is 8.64. The molecule has 0 unspecified atom stereocenters. The van der Waals surface area contributed by atoms with Gasteiger partial charge in [0.15, 0.2) is 17.3 Å². The van der Waals surface area contributed by atoms with E-state index in [9.17, 15) is 8.78 Å². The Morgan fingerprint density at radius 3 is 2.71 bits per heavy atom. The lowest BCUT2D eigenvalue weighted by Gasteiger charge is -2.02. The van der Waals surface area contributed by atoms with E-state index in [1.807, 2.05) is 0 Å². The number of halogens is 2. The fourth-order valence-corrected chi connectivity index (χ4v) is 1.62. The summed E-state index contributed by atoms with van der Waals surface area (Å²) in [6, 6.07) is 7.19. The maximum Gasteiger partial charge on any atom is 0.159 e. The minimum Gasteiger partial charge on any atom is -0.236 e. The first-order valence-corrected chi connectivity index (χ1v) is 5.00. The van der Waals surface area contributed by atoms with Crippen molar-refractivity contribution in [2.24, 2.45) is 0 Å². The first kappa shape index (κ1) is 9.89. The van der Waals surface area contributed by atoms with Crippen molar-refractivity contribution in [1.29, 1.82) is 0 Å². The quantitative estimate of drug-likeness (QED) is 0.644. The van der Waals surface area contributed by atoms with E-state index >= 15 is 0 Å². The molecule has 0 bridgehead atoms. The second-order valence-corrected chi connectivity index (χ2v) is 3.58. The minimum atomic E-state index is -0.880. The second kappa shape index (κ2) is 3.62. The third kappa shape index (κ3) is 1.65. The average Bonchev–Trinajstić information content (AvgIpc) is 2.79. The highest BCUT2D eigenvalue weighted by atomic mass is 19.2. The summed E-state index contributed by atoms with van der Waals surface area (Å²) in [4.78, 5) is 4.05. The van der Waals surface area contributed by atoms with Crippen molar-refractivity contribution in [2.75, 3.05) is 0 Å². The predicted octanol–water partition coefficient (Wildman–Crippen LogP) is 2.67. The molecule has 0 aliphatic heterocycles. The van der Waals surface area contributed by atoms with Gasteiger partial charge in [-0.25, -0.2) is 18.3 Å². The third-order valence-electron chi connectivity index (χ3n) is 2.47. The van der Waals surface area contributed by atoms with Gasteiger partial charge in [0, 0.05) is 18.0 Å². The highest BCUT2D eigenvalue weighted by Crippen LogP contribution is 2.19. The Morgan fingerprint density at radius 1 is 1.00 bits per heavy atom. The lowest BCUT2D eigenvalue weighted by molar-refractivity contribution is 0.509. The Hall–Kier alpha value is -2.30. The van der Waals surface area contributed by atoms with Gasteiger partial charge in [-0.1, -0.05) is 0 Å². The van der Waals surface area contributed by atoms with Gasteiger partial charge >= 0.3 is 0 Å². The smallest absolute Gasteiger partial charge is 0.159 e. The topological polar surface area (TPSA) is 30.2 Å². The highest BCUT2D eigenvalue weighted by molar-refractivity contribution is 5.60. The molecule has 0 fully saturated rings. The summed E-state index contributed by atoms with van der Waals surface area (Å²) in [5.74, 6) is -1.74. The van der Waals surface area contributed by atoms with Crippen LogP contribution in [0, 0.1) is 11.6 Å². The number of rotatable bonds is 1. The number of benzene rings is 1. The van der Waals surface area contributed by atoms with Gasteiger partial charge in [0.05, 0.1) is 5.69 Å². The van der Waals surface area contributed by atoms with Gasteiger partial charge < -0.3 is 0 Å². The molecule has 0 aliphatic carbocycles. The first-order chi connectivity index (χ1) is 8.24. The van der Waals surface area contributed by atoms with Crippen LogP contribution in [0.25, 0.3) is 16.9 Å². The van der Waals surface area contributed by atoms with Gasteiger partial charge in [0.2, 0.25) is 0 Å². The zero-order valence-corrected chi connectivity index (χ0v) is 8.64. The highest BCUT2D eigenvalue weighted by Gasteiger charge is 2.06. The number of aromatic nitrogens is 3. The molecule has 84 valence electrons. The Morgan fingerprint density at radius 2 is 1.88 bits per heavy atom. The molecular weight excluding hydrogens is 224 g/mol. The van der Waals surface area contributed by atoms with Crippen LogP contribution < -0.4 is 0 Å². The van der Waals surface area contributed by atoms with Crippen LogP contribution in [0.3, 0.4) is 0 Å². The lowest BCUT2D eigenvalue weighted by Crippen LogP contribution is -1.94. The fraction of sp³-hybridized carbons (Fsp3) is 0. The van der Waals surface area contributed by atoms with Crippen LogP contribution in [0.4, 0.5) is 8.78 Å². The molecule has 0 radical (unpaired) electrons. The molecule has 0 spiro atoms. The van der Waals surface area contributed by atoms with Gasteiger partial charge in [-0.15, -0.1) is 0 Å². The van der Waals surface area contributed by atoms with Gasteiger partial charge in [0.25, 0.3) is 0 Å². The number of nitrogens with zero attached hydrogens (tertiary/aromatic N) is 3. The molecule has 0 amide bonds. The minimum absolute atomic E-state index is 0.527. The van der Waals surface area contributed by atoms with Crippen molar-refractivity contribution >= 4 is 5.65 Å². The largest absolute Gasteiger partial charge is 0.236 e. The monoisotopic (exact) mass is 231 g/mol. The molecule has 1 aromatic carbocycles. The fourth-order valence-electron chi connectivity index (χ4n) is 1.62. The van der Waals surface area contributed by atoms with Crippen molar-refractivity contribution in [3.05, 3.63) is 54.4 Å². The van der Waals surface area contributed by atoms with Gasteiger partial charge in [-0.3, -0.25) is 0 Å². The van der Waals surface area contributed by atoms with Crippen LogP contribution in [-0.4, -0.2) is 14.6 Å². The molecule has 0 saturated carbocycles. The number of imidazole rings is 1. The van der Waals surface area contributed by atoms with E-state index < -0.39 is 11.6 Å². The molecule has 2 aromatic heterocycles. The summed E-state index contributed by atoms with van der Waals surface area (Å²) in [5.41, 5.74) is 1.80. The third-order valence-corrected chi connectivity index (χ3v) is 2.47. The maximum atomic E-state index is 13.1. The SMILES string of the molecule is Fc1ccc(-c2ccc3nccn3n2)cc1F. The van der Waals surface area contributed by atoms with Crippen LogP contribution in [0.1, 0.15) is 0 Å². The van der Waals surface area contributed by atoms with E-state index in [0.29, 0.717) is 16.9 Å². The van der Waals surface area contributed by atoms with Crippen LogP contribution in [0.2, 0.25) is 0 Å². The van der Waals surface area contributed by atoms with Gasteiger partial charge in [-0.2, -0.15) is 5.10 Å². The van der Waals surface area contributed by atoms with Crippen molar-refractivity contribution in [3.63, 3.8) is 0 Å². The zero-order chi connectivity index (χ0) is 11.8. The Kier molecular flexibility index (Phi) is 2.11. The molecule has 3 rings (SSSR count). The lowest BCUT2D eigenvalue weighted by atomic mass is 10.1. The predicted molar refractivity (Wildman–Crippen MR) is 58.3 cm³/mol. The summed E-state index contributed by atoms with van der Waals surface area (Å²) in [5, 5.41) is 4.24. The molecule has 0 atom stereocenters. The first-order valence-electron chi connectivity index (χ1n) is 5.00. The summed E-state index contributed by atoms with van der Waals surface area (Å²) in [6.07, 6.45) is 3.32. The average molecular weight is 231 g/mol. The van der Waals surface area contributed by atoms with E-state index in [1.165, 1.54) is 6.07 Å².